The van der Waals surface area contributed by atoms with E-state index in [-0.39, 0.29) is 34.6 Å². The second kappa shape index (κ2) is 8.69. The largest absolute Gasteiger partial charge is 0.507 e. The molecule has 0 saturated carbocycles. The van der Waals surface area contributed by atoms with E-state index < -0.39 is 23.1 Å². The summed E-state index contributed by atoms with van der Waals surface area (Å²) in [6.45, 7) is 5.10. The minimum Gasteiger partial charge on any atom is -0.507 e. The third-order valence-electron chi connectivity index (χ3n) is 4.68. The summed E-state index contributed by atoms with van der Waals surface area (Å²) >= 11 is 3.19. The summed E-state index contributed by atoms with van der Waals surface area (Å²) in [5, 5.41) is 10.2. The van der Waals surface area contributed by atoms with E-state index >= 15 is 0 Å². The Morgan fingerprint density at radius 3 is 2.40 bits per heavy atom. The van der Waals surface area contributed by atoms with Crippen LogP contribution in [0.25, 0.3) is 11.0 Å². The lowest BCUT2D eigenvalue weighted by Crippen LogP contribution is -2.23. The van der Waals surface area contributed by atoms with Crippen molar-refractivity contribution in [2.75, 3.05) is 13.1 Å². The Balaban J connectivity index is 2.28. The Bertz CT molecular complexity index is 1120. The molecule has 0 atom stereocenters. The number of rotatable bonds is 6. The number of ether oxygens (including phenoxy) is 1. The predicted octanol–water partition coefficient (Wildman–Crippen LogP) is 5.91. The number of hydrogen-bond donors (Lipinski definition) is 1. The van der Waals surface area contributed by atoms with Crippen LogP contribution in [-0.4, -0.2) is 23.1 Å². The fourth-order valence-corrected chi connectivity index (χ4v) is 3.39. The molecule has 5 nitrogen and oxygen atoms in total. The van der Waals surface area contributed by atoms with Gasteiger partial charge in [-0.15, -0.1) is 0 Å². The van der Waals surface area contributed by atoms with Crippen molar-refractivity contribution in [1.29, 1.82) is 0 Å². The molecule has 0 spiro atoms. The summed E-state index contributed by atoms with van der Waals surface area (Å²) in [6, 6.07) is 8.73. The van der Waals surface area contributed by atoms with E-state index in [1.807, 2.05) is 18.7 Å². The van der Waals surface area contributed by atoms with Crippen LogP contribution in [-0.2, 0) is 12.7 Å². The molecule has 0 aliphatic carbocycles. The Morgan fingerprint density at radius 1 is 1.13 bits per heavy atom. The fourth-order valence-electron chi connectivity index (χ4n) is 3.03. The number of hydrogen-bond acceptors (Lipinski definition) is 5. The van der Waals surface area contributed by atoms with E-state index in [9.17, 15) is 23.1 Å². The van der Waals surface area contributed by atoms with Crippen LogP contribution in [0.5, 0.6) is 17.2 Å². The molecule has 0 bridgehead atoms. The first-order valence-electron chi connectivity index (χ1n) is 9.20. The Morgan fingerprint density at radius 2 is 1.80 bits per heavy atom. The number of aromatic hydroxyl groups is 1. The number of phenolic OH excluding ortho intramolecular Hbond substituents is 1. The van der Waals surface area contributed by atoms with Gasteiger partial charge in [-0.2, -0.15) is 13.2 Å². The molecule has 30 heavy (non-hydrogen) atoms. The van der Waals surface area contributed by atoms with Gasteiger partial charge in [-0.3, -0.25) is 9.69 Å². The molecule has 0 aliphatic rings. The summed E-state index contributed by atoms with van der Waals surface area (Å²) in [6.07, 6.45) is -4.98. The van der Waals surface area contributed by atoms with Gasteiger partial charge in [0, 0.05) is 6.54 Å². The highest BCUT2D eigenvalue weighted by molar-refractivity contribution is 9.10. The summed E-state index contributed by atoms with van der Waals surface area (Å²) in [4.78, 5) is 14.9. The molecule has 0 saturated heterocycles. The highest BCUT2D eigenvalue weighted by atomic mass is 79.9. The van der Waals surface area contributed by atoms with Gasteiger partial charge in [-0.05, 0) is 53.3 Å². The number of fused-ring (bicyclic) bond motifs is 1. The number of benzene rings is 2. The van der Waals surface area contributed by atoms with Crippen molar-refractivity contribution in [3.8, 4) is 17.2 Å². The zero-order valence-corrected chi connectivity index (χ0v) is 17.8. The third-order valence-corrected chi connectivity index (χ3v) is 5.33. The van der Waals surface area contributed by atoms with Crippen LogP contribution in [0.2, 0.25) is 0 Å². The third kappa shape index (κ3) is 4.32. The zero-order chi connectivity index (χ0) is 22.1. The van der Waals surface area contributed by atoms with Gasteiger partial charge in [0.2, 0.25) is 11.2 Å². The molecule has 0 unspecified atom stereocenters. The molecule has 0 amide bonds. The quantitative estimate of drug-likeness (QED) is 0.469. The number of phenols is 1. The van der Waals surface area contributed by atoms with Crippen LogP contribution >= 0.6 is 15.9 Å². The first-order chi connectivity index (χ1) is 14.2. The highest BCUT2D eigenvalue weighted by Gasteiger charge is 2.41. The van der Waals surface area contributed by atoms with Crippen LogP contribution in [0.1, 0.15) is 25.2 Å². The van der Waals surface area contributed by atoms with Crippen molar-refractivity contribution in [3.05, 3.63) is 62.4 Å². The predicted molar refractivity (Wildman–Crippen MR) is 110 cm³/mol. The first kappa shape index (κ1) is 22.2. The van der Waals surface area contributed by atoms with E-state index in [4.69, 9.17) is 9.15 Å². The molecule has 3 aromatic rings. The second-order valence-corrected chi connectivity index (χ2v) is 7.38. The lowest BCUT2D eigenvalue weighted by atomic mass is 10.1. The van der Waals surface area contributed by atoms with Crippen LogP contribution in [0.4, 0.5) is 13.2 Å². The number of halogens is 4. The molecule has 0 radical (unpaired) electrons. The van der Waals surface area contributed by atoms with E-state index in [1.54, 1.807) is 18.2 Å². The van der Waals surface area contributed by atoms with Gasteiger partial charge in [0.15, 0.2) is 0 Å². The number of alkyl halides is 3. The standard InChI is InChI=1S/C21H19BrF3NO4/c1-3-26(4-2)11-13-15(27)10-9-12-17(28)19(20(21(23,24)25)30-18(12)13)29-16-8-6-5-7-14(16)22/h5-10,27H,3-4,11H2,1-2H3. The van der Waals surface area contributed by atoms with E-state index in [0.29, 0.717) is 17.6 Å². The van der Waals surface area contributed by atoms with Crippen molar-refractivity contribution >= 4 is 26.9 Å². The first-order valence-corrected chi connectivity index (χ1v) is 10.00. The van der Waals surface area contributed by atoms with Gasteiger partial charge in [-0.1, -0.05) is 26.0 Å². The minimum absolute atomic E-state index is 0.0387. The summed E-state index contributed by atoms with van der Waals surface area (Å²) < 4.78 is 52.3. The minimum atomic E-state index is -4.98. The number of nitrogens with zero attached hydrogens (tertiary/aromatic N) is 1. The Labute approximate surface area is 178 Å². The summed E-state index contributed by atoms with van der Waals surface area (Å²) in [5.74, 6) is -2.72. The second-order valence-electron chi connectivity index (χ2n) is 6.52. The molecule has 3 rings (SSSR count). The molecule has 160 valence electrons. The van der Waals surface area contributed by atoms with E-state index in [1.165, 1.54) is 18.2 Å². The summed E-state index contributed by atoms with van der Waals surface area (Å²) in [7, 11) is 0. The van der Waals surface area contributed by atoms with Crippen molar-refractivity contribution in [2.45, 2.75) is 26.6 Å². The number of para-hydroxylation sites is 1. The van der Waals surface area contributed by atoms with Gasteiger partial charge in [0.25, 0.3) is 5.76 Å². The maximum atomic E-state index is 13.8. The van der Waals surface area contributed by atoms with Crippen molar-refractivity contribution in [3.63, 3.8) is 0 Å². The Kier molecular flexibility index (Phi) is 6.42. The van der Waals surface area contributed by atoms with Crippen LogP contribution in [0, 0.1) is 0 Å². The zero-order valence-electron chi connectivity index (χ0n) is 16.2. The highest BCUT2D eigenvalue weighted by Crippen LogP contribution is 2.41. The molecular formula is C21H19BrF3NO4. The van der Waals surface area contributed by atoms with Crippen molar-refractivity contribution in [2.24, 2.45) is 0 Å². The van der Waals surface area contributed by atoms with Gasteiger partial charge >= 0.3 is 6.18 Å². The molecule has 1 aromatic heterocycles. The van der Waals surface area contributed by atoms with Crippen LogP contribution in [0.15, 0.2) is 50.1 Å². The molecule has 1 N–H and O–H groups in total. The summed E-state index contributed by atoms with van der Waals surface area (Å²) in [5.41, 5.74) is -1.16. The average molecular weight is 486 g/mol. The van der Waals surface area contributed by atoms with Gasteiger partial charge < -0.3 is 14.3 Å². The molecule has 2 aromatic carbocycles. The monoisotopic (exact) mass is 485 g/mol. The normalized spacial score (nSPS) is 12.0. The van der Waals surface area contributed by atoms with Gasteiger partial charge in [0.1, 0.15) is 17.1 Å². The average Bonchev–Trinajstić information content (AvgIpc) is 2.70. The van der Waals surface area contributed by atoms with Gasteiger partial charge in [-0.25, -0.2) is 0 Å². The van der Waals surface area contributed by atoms with Crippen LogP contribution in [0.3, 0.4) is 0 Å². The van der Waals surface area contributed by atoms with Crippen LogP contribution < -0.4 is 10.2 Å². The van der Waals surface area contributed by atoms with E-state index in [0.717, 1.165) is 0 Å². The van der Waals surface area contributed by atoms with Crippen molar-refractivity contribution in [1.82, 2.24) is 4.90 Å². The molecule has 0 fully saturated rings. The molecule has 0 aliphatic heterocycles. The fraction of sp³-hybridized carbons (Fsp3) is 0.286. The van der Waals surface area contributed by atoms with Gasteiger partial charge in [0.05, 0.1) is 15.4 Å². The molecular weight excluding hydrogens is 467 g/mol. The maximum absolute atomic E-state index is 13.8. The van der Waals surface area contributed by atoms with Crippen molar-refractivity contribution < 1.29 is 27.4 Å². The molecule has 9 heteroatoms. The maximum Gasteiger partial charge on any atom is 0.453 e. The van der Waals surface area contributed by atoms with E-state index in [2.05, 4.69) is 15.9 Å². The SMILES string of the molecule is CCN(CC)Cc1c(O)ccc2c(=O)c(Oc3ccccc3Br)c(C(F)(F)F)oc12. The molecule has 1 heterocycles. The Hall–Kier alpha value is -2.52. The lowest BCUT2D eigenvalue weighted by Gasteiger charge is -2.20. The lowest BCUT2D eigenvalue weighted by molar-refractivity contribution is -0.154. The topological polar surface area (TPSA) is 62.9 Å². The smallest absolute Gasteiger partial charge is 0.453 e.